The van der Waals surface area contributed by atoms with E-state index in [-0.39, 0.29) is 0 Å². The summed E-state index contributed by atoms with van der Waals surface area (Å²) in [6.07, 6.45) is -1.86. The number of rotatable bonds is 7. The van der Waals surface area contributed by atoms with Crippen LogP contribution in [0.3, 0.4) is 0 Å². The molecule has 0 fully saturated rings. The van der Waals surface area contributed by atoms with Crippen LogP contribution in [0.5, 0.6) is 0 Å². The van der Waals surface area contributed by atoms with E-state index < -0.39 is 154 Å². The molecule has 0 N–H and O–H groups in total. The molecule has 6 aromatic carbocycles. The van der Waals surface area contributed by atoms with E-state index >= 15 is 35.1 Å². The number of pyridine rings is 1. The van der Waals surface area contributed by atoms with Gasteiger partial charge in [0.05, 0.1) is 4.90 Å². The monoisotopic (exact) mass is 977 g/mol. The largest absolute Gasteiger partial charge is 0.224 e. The summed E-state index contributed by atoms with van der Waals surface area (Å²) in [5.41, 5.74) is -13.3. The van der Waals surface area contributed by atoms with Crippen molar-refractivity contribution >= 4 is 48.6 Å². The van der Waals surface area contributed by atoms with Gasteiger partial charge in [-0.15, -0.1) is 21.9 Å². The van der Waals surface area contributed by atoms with Crippen LogP contribution >= 0.6 is 0 Å². The van der Waals surface area contributed by atoms with Crippen molar-refractivity contribution in [1.82, 2.24) is 0 Å². The van der Waals surface area contributed by atoms with Gasteiger partial charge in [0.15, 0.2) is 98.6 Å². The molecule has 7 rings (SSSR count). The van der Waals surface area contributed by atoms with E-state index in [0.717, 1.165) is 12.1 Å². The van der Waals surface area contributed by atoms with Crippen LogP contribution in [-0.4, -0.2) is 20.8 Å². The van der Waals surface area contributed by atoms with Gasteiger partial charge in [0.1, 0.15) is 52.7 Å². The fraction of sp³-hybridized carbons (Fsp3) is 0.0488. The van der Waals surface area contributed by atoms with Crippen molar-refractivity contribution in [3.63, 3.8) is 0 Å². The van der Waals surface area contributed by atoms with Gasteiger partial charge in [-0.05, 0) is 23.6 Å². The number of nitrogens with zero attached hydrogens (tertiary/aromatic N) is 1. The second-order valence-electron chi connectivity index (χ2n) is 14.0. The molecule has 0 unspecified atom stereocenters. The predicted octanol–water partition coefficient (Wildman–Crippen LogP) is 8.43. The number of halogens is 20. The van der Waals surface area contributed by atoms with E-state index in [4.69, 9.17) is 0 Å². The van der Waals surface area contributed by atoms with Gasteiger partial charge in [0, 0.05) is 23.3 Å². The van der Waals surface area contributed by atoms with Gasteiger partial charge in [-0.2, -0.15) is 0 Å². The number of hydrogen-bond donors (Lipinski definition) is 0. The third-order valence-electron chi connectivity index (χ3n) is 10.2. The normalized spacial score (nSPS) is 11.9. The summed E-state index contributed by atoms with van der Waals surface area (Å²) in [6, 6.07) is 17.3. The first kappa shape index (κ1) is 48.8. The zero-order chi connectivity index (χ0) is 49.2. The summed E-state index contributed by atoms with van der Waals surface area (Å²) in [4.78, 5) is 0.356. The van der Waals surface area contributed by atoms with Crippen molar-refractivity contribution in [2.45, 2.75) is 11.4 Å². The Morgan fingerprint density at radius 2 is 0.652 bits per heavy atom. The third-order valence-corrected chi connectivity index (χ3v) is 11.3. The quantitative estimate of drug-likeness (QED) is 0.0530. The summed E-state index contributed by atoms with van der Waals surface area (Å²) < 4.78 is 319. The maximum atomic E-state index is 15.4. The Morgan fingerprint density at radius 3 is 0.939 bits per heavy atom. The van der Waals surface area contributed by atoms with Crippen molar-refractivity contribution in [2.75, 3.05) is 6.26 Å². The van der Waals surface area contributed by atoms with Crippen molar-refractivity contribution < 1.29 is 101 Å². The Bertz CT molecular complexity index is 2880. The van der Waals surface area contributed by atoms with Crippen LogP contribution in [0.2, 0.25) is 0 Å². The molecule has 1 aromatic heterocycles. The van der Waals surface area contributed by atoms with Crippen LogP contribution in [0, 0.1) is 116 Å². The number of sulfone groups is 1. The fourth-order valence-electron chi connectivity index (χ4n) is 7.20. The van der Waals surface area contributed by atoms with Gasteiger partial charge in [0.2, 0.25) is 0 Å². The Labute approximate surface area is 355 Å². The van der Waals surface area contributed by atoms with Crippen molar-refractivity contribution in [1.29, 1.82) is 0 Å². The highest BCUT2D eigenvalue weighted by Crippen LogP contribution is 2.31. The second-order valence-corrected chi connectivity index (χ2v) is 16.0. The van der Waals surface area contributed by atoms with E-state index in [2.05, 4.69) is 29.0 Å². The lowest BCUT2D eigenvalue weighted by atomic mass is 9.12. The molecule has 0 aliphatic heterocycles. The summed E-state index contributed by atoms with van der Waals surface area (Å²) in [6.45, 7) is 0.717. The molecule has 1 heterocycles. The van der Waals surface area contributed by atoms with Gasteiger partial charge >= 0.3 is 0 Å². The van der Waals surface area contributed by atoms with Gasteiger partial charge in [-0.1, -0.05) is 30.3 Å². The number of fused-ring (bicyclic) bond motifs is 1. The van der Waals surface area contributed by atoms with Crippen molar-refractivity contribution in [2.24, 2.45) is 0 Å². The molecule has 0 radical (unpaired) electrons. The van der Waals surface area contributed by atoms with Crippen LogP contribution in [0.4, 0.5) is 87.8 Å². The molecule has 25 heteroatoms. The maximum Gasteiger partial charge on any atom is 0.200 e. The molecule has 346 valence electrons. The third kappa shape index (κ3) is 7.74. The number of benzene rings is 6. The summed E-state index contributed by atoms with van der Waals surface area (Å²) in [5, 5.41) is 2.40. The van der Waals surface area contributed by atoms with Crippen LogP contribution < -0.4 is 26.4 Å². The van der Waals surface area contributed by atoms with Crippen LogP contribution in [-0.2, 0) is 16.4 Å². The Kier molecular flexibility index (Phi) is 13.0. The molecule has 0 bridgehead atoms. The highest BCUT2D eigenvalue weighted by Gasteiger charge is 2.52. The minimum absolute atomic E-state index is 0.356. The Hall–Kier alpha value is -6.66. The van der Waals surface area contributed by atoms with Gasteiger partial charge < -0.3 is 0 Å². The van der Waals surface area contributed by atoms with E-state index in [1.807, 2.05) is 30.5 Å². The molecule has 0 amide bonds. The van der Waals surface area contributed by atoms with Gasteiger partial charge in [0.25, 0.3) is 0 Å². The molecule has 0 saturated heterocycles. The molecule has 0 aliphatic carbocycles. The highest BCUT2D eigenvalue weighted by molar-refractivity contribution is 7.90. The summed E-state index contributed by atoms with van der Waals surface area (Å²) >= 11 is 0. The molecule has 7 aromatic rings. The van der Waals surface area contributed by atoms with E-state index in [1.54, 1.807) is 12.1 Å². The Morgan fingerprint density at radius 1 is 0.379 bits per heavy atom. The van der Waals surface area contributed by atoms with Gasteiger partial charge in [-0.25, -0.2) is 101 Å². The second kappa shape index (κ2) is 17.6. The topological polar surface area (TPSA) is 38.0 Å². The molecule has 0 saturated carbocycles. The zero-order valence-electron chi connectivity index (χ0n) is 31.9. The van der Waals surface area contributed by atoms with Gasteiger partial charge in [-0.3, -0.25) is 0 Å². The summed E-state index contributed by atoms with van der Waals surface area (Å²) in [5.74, 6) is -71.4. The Balaban J connectivity index is 0.000000284. The smallest absolute Gasteiger partial charge is 0.200 e. The van der Waals surface area contributed by atoms with E-state index in [9.17, 15) is 61.1 Å². The number of aromatic nitrogens is 1. The van der Waals surface area contributed by atoms with Crippen LogP contribution in [0.1, 0.15) is 5.56 Å². The minimum atomic E-state index is -7.22. The lowest BCUT2D eigenvalue weighted by Crippen LogP contribution is -2.81. The summed E-state index contributed by atoms with van der Waals surface area (Å²) in [7, 11) is -3.13. The first-order chi connectivity index (χ1) is 30.7. The molecule has 0 aliphatic rings. The molecular formula is C41H16BF20NO2S. The predicted molar refractivity (Wildman–Crippen MR) is 192 cm³/mol. The van der Waals surface area contributed by atoms with E-state index in [0.29, 0.717) is 4.90 Å². The maximum absolute atomic E-state index is 15.4. The highest BCUT2D eigenvalue weighted by atomic mass is 32.2. The fourth-order valence-corrected chi connectivity index (χ4v) is 7.83. The first-order valence-corrected chi connectivity index (χ1v) is 19.5. The SMILES string of the molecule is CS(=O)(=O)c1ccc(C[n+]2ccc3ccccc3c2)cc1.Fc1c(F)c(F)c([B-](c2c(F)c(F)c(F)c(F)c2F)(c2c(F)c(F)c(F)c(F)c2F)c2c(F)c(F)c(F)c(F)c2F)c(F)c1F. The van der Waals surface area contributed by atoms with Crippen molar-refractivity contribution in [3.05, 3.63) is 189 Å². The number of hydrogen-bond acceptors (Lipinski definition) is 2. The first-order valence-electron chi connectivity index (χ1n) is 17.6. The van der Waals surface area contributed by atoms with Crippen LogP contribution in [0.15, 0.2) is 71.9 Å². The van der Waals surface area contributed by atoms with Crippen LogP contribution in [0.25, 0.3) is 10.8 Å². The van der Waals surface area contributed by atoms with Crippen molar-refractivity contribution in [3.8, 4) is 0 Å². The lowest BCUT2D eigenvalue weighted by molar-refractivity contribution is -0.687. The minimum Gasteiger partial charge on any atom is -0.224 e. The standard InChI is InChI=1S/C24BF20.C17H16NO2S/c26-5-1(6(27)14(35)21(42)13(5)34)25(2-7(28)15(36)22(43)16(37)8(2)29,3-9(30)17(38)23(44)18(39)10(3)31)4-11(32)19(40)24(45)20(41)12(4)33;1-21(19,20)17-8-6-14(7-9-17)12-18-11-10-15-4-2-3-5-16(15)13-18/h;2-11,13H,12H2,1H3/q-1;+1. The lowest BCUT2D eigenvalue weighted by Gasteiger charge is -2.44. The molecule has 0 atom stereocenters. The molecule has 0 spiro atoms. The molecule has 66 heavy (non-hydrogen) atoms. The average Bonchev–Trinajstić information content (AvgIpc) is 3.29. The zero-order valence-corrected chi connectivity index (χ0v) is 32.7. The average molecular weight is 977 g/mol. The molecular weight excluding hydrogens is 961 g/mol. The molecule has 3 nitrogen and oxygen atoms in total. The van der Waals surface area contributed by atoms with E-state index in [1.165, 1.54) is 17.0 Å².